The number of likely N-dealkylation sites (tertiary alicyclic amines) is 1. The topological polar surface area (TPSA) is 49.8 Å². The number of ether oxygens (including phenoxy) is 1. The van der Waals surface area contributed by atoms with E-state index in [4.69, 9.17) is 4.74 Å². The van der Waals surface area contributed by atoms with Crippen LogP contribution in [0.3, 0.4) is 0 Å². The molecule has 0 aromatic rings. The Morgan fingerprint density at radius 2 is 2.23 bits per heavy atom. The number of nitrogens with zero attached hydrogens (tertiary/aromatic N) is 1. The van der Waals surface area contributed by atoms with Crippen molar-refractivity contribution in [3.8, 4) is 0 Å². The maximum Gasteiger partial charge on any atom is 0.409 e. The minimum absolute atomic E-state index is 0.212. The smallest absolute Gasteiger partial charge is 0.409 e. The number of aliphatic hydroxyl groups is 1. The molecule has 13 heavy (non-hydrogen) atoms. The second-order valence-corrected chi connectivity index (χ2v) is 3.34. The molecule has 1 aliphatic heterocycles. The van der Waals surface area contributed by atoms with E-state index in [1.807, 2.05) is 6.92 Å². The zero-order valence-corrected chi connectivity index (χ0v) is 8.19. The maximum absolute atomic E-state index is 11.2. The molecular weight excluding hydrogens is 170 g/mol. The summed E-state index contributed by atoms with van der Waals surface area (Å²) in [6, 6.07) is 0. The number of amides is 1. The Labute approximate surface area is 78.5 Å². The van der Waals surface area contributed by atoms with Crippen molar-refractivity contribution in [2.24, 2.45) is 5.92 Å². The van der Waals surface area contributed by atoms with E-state index in [-0.39, 0.29) is 18.1 Å². The van der Waals surface area contributed by atoms with Crippen LogP contribution < -0.4 is 0 Å². The fourth-order valence-corrected chi connectivity index (χ4v) is 1.62. The molecule has 0 aromatic heterocycles. The maximum atomic E-state index is 11.2. The molecule has 76 valence electrons. The van der Waals surface area contributed by atoms with Gasteiger partial charge in [0.25, 0.3) is 0 Å². The summed E-state index contributed by atoms with van der Waals surface area (Å²) in [5.74, 6) is 0.212. The molecule has 1 saturated heterocycles. The van der Waals surface area contributed by atoms with Crippen molar-refractivity contribution < 1.29 is 14.6 Å². The summed E-state index contributed by atoms with van der Waals surface area (Å²) in [4.78, 5) is 12.8. The van der Waals surface area contributed by atoms with Gasteiger partial charge in [-0.1, -0.05) is 6.92 Å². The lowest BCUT2D eigenvalue weighted by molar-refractivity contribution is 0.106. The first-order valence-corrected chi connectivity index (χ1v) is 4.78. The summed E-state index contributed by atoms with van der Waals surface area (Å²) in [6.07, 6.45) is 0.212. The minimum Gasteiger partial charge on any atom is -0.450 e. The predicted octanol–water partition coefficient (Wildman–Crippen LogP) is 0.846. The summed E-state index contributed by atoms with van der Waals surface area (Å²) in [6.45, 7) is 5.22. The predicted molar refractivity (Wildman–Crippen MR) is 48.4 cm³/mol. The van der Waals surface area contributed by atoms with Gasteiger partial charge in [-0.2, -0.15) is 0 Å². The number of hydrogen-bond donors (Lipinski definition) is 1. The molecule has 1 fully saturated rings. The highest BCUT2D eigenvalue weighted by Crippen LogP contribution is 2.20. The molecule has 0 aliphatic carbocycles. The van der Waals surface area contributed by atoms with Gasteiger partial charge in [0.1, 0.15) is 0 Å². The number of hydrogen-bond acceptors (Lipinski definition) is 3. The zero-order chi connectivity index (χ0) is 9.84. The van der Waals surface area contributed by atoms with E-state index in [0.29, 0.717) is 19.7 Å². The highest BCUT2D eigenvalue weighted by molar-refractivity contribution is 5.68. The molecule has 0 radical (unpaired) electrons. The van der Waals surface area contributed by atoms with Gasteiger partial charge in [0.15, 0.2) is 0 Å². The monoisotopic (exact) mass is 187 g/mol. The van der Waals surface area contributed by atoms with Gasteiger partial charge >= 0.3 is 6.09 Å². The van der Waals surface area contributed by atoms with E-state index in [1.165, 1.54) is 0 Å². The number of carbonyl (C=O) groups is 1. The zero-order valence-electron chi connectivity index (χ0n) is 8.19. The van der Waals surface area contributed by atoms with Crippen LogP contribution in [0.5, 0.6) is 0 Å². The third-order valence-corrected chi connectivity index (χ3v) is 2.46. The molecule has 4 heteroatoms. The van der Waals surface area contributed by atoms with Gasteiger partial charge in [0, 0.05) is 12.5 Å². The number of aliphatic hydroxyl groups excluding tert-OH is 1. The van der Waals surface area contributed by atoms with Crippen molar-refractivity contribution in [1.82, 2.24) is 4.90 Å². The highest BCUT2D eigenvalue weighted by Gasteiger charge is 2.33. The third kappa shape index (κ3) is 2.34. The Morgan fingerprint density at radius 1 is 1.54 bits per heavy atom. The van der Waals surface area contributed by atoms with Crippen LogP contribution in [0.25, 0.3) is 0 Å². The fraction of sp³-hybridized carbons (Fsp3) is 0.889. The van der Waals surface area contributed by atoms with Crippen molar-refractivity contribution in [3.05, 3.63) is 0 Å². The van der Waals surface area contributed by atoms with Gasteiger partial charge in [-0.3, -0.25) is 0 Å². The summed E-state index contributed by atoms with van der Waals surface area (Å²) in [5, 5.41) is 9.53. The first-order chi connectivity index (χ1) is 6.19. The lowest BCUT2D eigenvalue weighted by Crippen LogP contribution is -2.30. The lowest BCUT2D eigenvalue weighted by Gasteiger charge is -2.14. The first kappa shape index (κ1) is 10.3. The van der Waals surface area contributed by atoms with Gasteiger partial charge in [0.05, 0.1) is 19.3 Å². The molecule has 1 amide bonds. The fourth-order valence-electron chi connectivity index (χ4n) is 1.62. The SMILES string of the molecule is CCOC(=O)N1CC(O)C(CC)C1. The van der Waals surface area contributed by atoms with E-state index in [1.54, 1.807) is 11.8 Å². The van der Waals surface area contributed by atoms with Crippen molar-refractivity contribution in [1.29, 1.82) is 0 Å². The number of carbonyl (C=O) groups excluding carboxylic acids is 1. The van der Waals surface area contributed by atoms with Crippen molar-refractivity contribution >= 4 is 6.09 Å². The largest absolute Gasteiger partial charge is 0.450 e. The van der Waals surface area contributed by atoms with E-state index < -0.39 is 0 Å². The van der Waals surface area contributed by atoms with E-state index in [2.05, 4.69) is 0 Å². The average Bonchev–Trinajstić information content (AvgIpc) is 2.47. The lowest BCUT2D eigenvalue weighted by atomic mass is 10.0. The van der Waals surface area contributed by atoms with Gasteiger partial charge in [0.2, 0.25) is 0 Å². The van der Waals surface area contributed by atoms with Gasteiger partial charge in [-0.25, -0.2) is 4.79 Å². The van der Waals surface area contributed by atoms with Crippen LogP contribution in [0, 0.1) is 5.92 Å². The van der Waals surface area contributed by atoms with Gasteiger partial charge in [-0.15, -0.1) is 0 Å². The Bertz CT molecular complexity index is 184. The quantitative estimate of drug-likeness (QED) is 0.697. The summed E-state index contributed by atoms with van der Waals surface area (Å²) < 4.78 is 4.84. The molecule has 0 spiro atoms. The second-order valence-electron chi connectivity index (χ2n) is 3.34. The molecule has 2 atom stereocenters. The van der Waals surface area contributed by atoms with E-state index in [9.17, 15) is 9.90 Å². The molecule has 1 N–H and O–H groups in total. The van der Waals surface area contributed by atoms with Crippen molar-refractivity contribution in [2.75, 3.05) is 19.7 Å². The Kier molecular flexibility index (Phi) is 3.54. The standard InChI is InChI=1S/C9H17NO3/c1-3-7-5-10(6-8(7)11)9(12)13-4-2/h7-8,11H,3-6H2,1-2H3. The molecule has 0 aromatic carbocycles. The average molecular weight is 187 g/mol. The summed E-state index contributed by atoms with van der Waals surface area (Å²) in [5.41, 5.74) is 0. The van der Waals surface area contributed by atoms with E-state index >= 15 is 0 Å². The second kappa shape index (κ2) is 4.46. The summed E-state index contributed by atoms with van der Waals surface area (Å²) >= 11 is 0. The minimum atomic E-state index is -0.380. The number of rotatable bonds is 2. The van der Waals surface area contributed by atoms with Crippen LogP contribution in [0.4, 0.5) is 4.79 Å². The summed E-state index contributed by atoms with van der Waals surface area (Å²) in [7, 11) is 0. The molecule has 4 nitrogen and oxygen atoms in total. The van der Waals surface area contributed by atoms with Crippen molar-refractivity contribution in [2.45, 2.75) is 26.4 Å². The normalized spacial score (nSPS) is 27.8. The highest BCUT2D eigenvalue weighted by atomic mass is 16.6. The van der Waals surface area contributed by atoms with Gasteiger partial charge in [-0.05, 0) is 13.3 Å². The Balaban J connectivity index is 2.43. The molecule has 0 bridgehead atoms. The van der Waals surface area contributed by atoms with E-state index in [0.717, 1.165) is 6.42 Å². The van der Waals surface area contributed by atoms with Crippen LogP contribution in [-0.2, 0) is 4.74 Å². The van der Waals surface area contributed by atoms with Crippen LogP contribution in [0.15, 0.2) is 0 Å². The van der Waals surface area contributed by atoms with Crippen LogP contribution in [0.2, 0.25) is 0 Å². The Morgan fingerprint density at radius 3 is 2.69 bits per heavy atom. The molecule has 1 aliphatic rings. The van der Waals surface area contributed by atoms with Crippen LogP contribution >= 0.6 is 0 Å². The first-order valence-electron chi connectivity index (χ1n) is 4.78. The molecule has 1 rings (SSSR count). The third-order valence-electron chi connectivity index (χ3n) is 2.46. The van der Waals surface area contributed by atoms with Gasteiger partial charge < -0.3 is 14.7 Å². The molecule has 0 saturated carbocycles. The van der Waals surface area contributed by atoms with Crippen LogP contribution in [-0.4, -0.2) is 41.9 Å². The molecule has 2 unspecified atom stereocenters. The molecular formula is C9H17NO3. The number of β-amino-alcohol motifs (C(OH)–C–C–N with tert-alkyl or cyclic N) is 1. The Hall–Kier alpha value is -0.770. The van der Waals surface area contributed by atoms with Crippen molar-refractivity contribution in [3.63, 3.8) is 0 Å². The molecule has 1 heterocycles. The van der Waals surface area contributed by atoms with Crippen LogP contribution in [0.1, 0.15) is 20.3 Å².